The molecule has 0 unspecified atom stereocenters. The van der Waals surface area contributed by atoms with E-state index in [0.29, 0.717) is 37.6 Å². The van der Waals surface area contributed by atoms with Crippen LogP contribution in [0.4, 0.5) is 15.8 Å². The molecule has 0 atom stereocenters. The molecule has 3 rings (SSSR count). The number of benzene rings is 1. The number of hydrogen-bond donors (Lipinski definition) is 1. The fourth-order valence-electron chi connectivity index (χ4n) is 3.46. The third kappa shape index (κ3) is 4.98. The van der Waals surface area contributed by atoms with Gasteiger partial charge in [-0.25, -0.2) is 4.39 Å². The summed E-state index contributed by atoms with van der Waals surface area (Å²) < 4.78 is 14.6. The van der Waals surface area contributed by atoms with Crippen LogP contribution in [-0.2, 0) is 16.1 Å². The van der Waals surface area contributed by atoms with Gasteiger partial charge >= 0.3 is 5.69 Å². The van der Waals surface area contributed by atoms with E-state index in [4.69, 9.17) is 0 Å². The highest BCUT2D eigenvalue weighted by atomic mass is 19.1. The Morgan fingerprint density at radius 1 is 1.20 bits per heavy atom. The van der Waals surface area contributed by atoms with Crippen molar-refractivity contribution in [1.29, 1.82) is 0 Å². The van der Waals surface area contributed by atoms with Gasteiger partial charge in [-0.15, -0.1) is 0 Å². The van der Waals surface area contributed by atoms with Crippen molar-refractivity contribution in [3.8, 4) is 0 Å². The van der Waals surface area contributed by atoms with E-state index in [2.05, 4.69) is 10.4 Å². The lowest BCUT2D eigenvalue weighted by molar-refractivity contribution is -0.386. The average molecular weight is 418 g/mol. The van der Waals surface area contributed by atoms with Crippen LogP contribution in [0.15, 0.2) is 24.3 Å². The van der Waals surface area contributed by atoms with Gasteiger partial charge in [-0.05, 0) is 32.0 Å². The van der Waals surface area contributed by atoms with Crippen molar-refractivity contribution in [3.63, 3.8) is 0 Å². The van der Waals surface area contributed by atoms with E-state index in [-0.39, 0.29) is 36.3 Å². The summed E-state index contributed by atoms with van der Waals surface area (Å²) in [5, 5.41) is 17.9. The van der Waals surface area contributed by atoms with Crippen LogP contribution >= 0.6 is 0 Å². The maximum atomic E-state index is 13.2. The summed E-state index contributed by atoms with van der Waals surface area (Å²) in [4.78, 5) is 38.9. The molecular weight excluding hydrogens is 395 g/mol. The fraction of sp³-hybridized carbons (Fsp3) is 0.421. The van der Waals surface area contributed by atoms with Gasteiger partial charge in [0.2, 0.25) is 11.8 Å². The number of piperazine rings is 1. The summed E-state index contributed by atoms with van der Waals surface area (Å²) in [6.45, 7) is 5.09. The number of aryl methyl sites for hydroxylation is 1. The molecule has 1 saturated heterocycles. The molecule has 10 nitrogen and oxygen atoms in total. The zero-order valence-electron chi connectivity index (χ0n) is 16.8. The van der Waals surface area contributed by atoms with Crippen molar-refractivity contribution in [2.75, 3.05) is 38.0 Å². The second kappa shape index (κ2) is 8.99. The number of nitrogens with one attached hydrogen (secondary N) is 1. The molecule has 2 aromatic rings. The van der Waals surface area contributed by atoms with Gasteiger partial charge in [0.1, 0.15) is 23.7 Å². The standard InChI is InChI=1S/C19H23FN6O4/c1-13-19(26(29)30)14(2)25(22-13)12-18(28)24-8-6-23(7-9-24)11-17(27)21-16-5-3-4-15(20)10-16/h3-5,10H,6-9,11-12H2,1-2H3,(H,21,27). The summed E-state index contributed by atoms with van der Waals surface area (Å²) >= 11 is 0. The molecule has 0 saturated carbocycles. The summed E-state index contributed by atoms with van der Waals surface area (Å²) in [7, 11) is 0. The molecule has 0 aliphatic carbocycles. The van der Waals surface area contributed by atoms with E-state index in [1.54, 1.807) is 24.8 Å². The molecule has 1 aliphatic rings. The Balaban J connectivity index is 1.49. The topological polar surface area (TPSA) is 114 Å². The highest BCUT2D eigenvalue weighted by molar-refractivity contribution is 5.92. The van der Waals surface area contributed by atoms with Crippen LogP contribution in [0, 0.1) is 29.8 Å². The number of aromatic nitrogens is 2. The van der Waals surface area contributed by atoms with Gasteiger partial charge in [-0.3, -0.25) is 29.3 Å². The number of amides is 2. The maximum absolute atomic E-state index is 13.2. The molecule has 2 amide bonds. The smallest absolute Gasteiger partial charge is 0.312 e. The number of carbonyl (C=O) groups is 2. The molecule has 160 valence electrons. The second-order valence-electron chi connectivity index (χ2n) is 7.15. The first kappa shape index (κ1) is 21.4. The third-order valence-corrected chi connectivity index (χ3v) is 5.01. The van der Waals surface area contributed by atoms with Crippen molar-refractivity contribution in [2.24, 2.45) is 0 Å². The lowest BCUT2D eigenvalue weighted by Crippen LogP contribution is -2.51. The zero-order chi connectivity index (χ0) is 21.8. The summed E-state index contributed by atoms with van der Waals surface area (Å²) in [6, 6.07) is 5.68. The Bertz CT molecular complexity index is 968. The fourth-order valence-corrected chi connectivity index (χ4v) is 3.46. The second-order valence-corrected chi connectivity index (χ2v) is 7.15. The molecular formula is C19H23FN6O4. The Hall–Kier alpha value is -3.34. The van der Waals surface area contributed by atoms with Crippen LogP contribution in [0.3, 0.4) is 0 Å². The van der Waals surface area contributed by atoms with Gasteiger partial charge in [0, 0.05) is 31.9 Å². The minimum absolute atomic E-state index is 0.0689. The quantitative estimate of drug-likeness (QED) is 0.559. The van der Waals surface area contributed by atoms with E-state index < -0.39 is 10.7 Å². The molecule has 2 heterocycles. The summed E-state index contributed by atoms with van der Waals surface area (Å²) in [5.74, 6) is -0.859. The summed E-state index contributed by atoms with van der Waals surface area (Å²) in [5.41, 5.74) is 0.947. The van der Waals surface area contributed by atoms with E-state index >= 15 is 0 Å². The van der Waals surface area contributed by atoms with E-state index in [0.717, 1.165) is 0 Å². The lowest BCUT2D eigenvalue weighted by Gasteiger charge is -2.34. The first-order valence-electron chi connectivity index (χ1n) is 9.48. The van der Waals surface area contributed by atoms with Crippen molar-refractivity contribution >= 4 is 23.2 Å². The predicted octanol–water partition coefficient (Wildman–Crippen LogP) is 1.33. The molecule has 1 N–H and O–H groups in total. The average Bonchev–Trinajstić information content (AvgIpc) is 2.95. The molecule has 0 radical (unpaired) electrons. The van der Waals surface area contributed by atoms with E-state index in [9.17, 15) is 24.1 Å². The van der Waals surface area contributed by atoms with Crippen molar-refractivity contribution in [3.05, 3.63) is 51.6 Å². The number of anilines is 1. The Labute approximate surface area is 172 Å². The van der Waals surface area contributed by atoms with Crippen LogP contribution in [0.1, 0.15) is 11.4 Å². The minimum Gasteiger partial charge on any atom is -0.339 e. The van der Waals surface area contributed by atoms with Gasteiger partial charge in [0.15, 0.2) is 0 Å². The number of hydrogen-bond acceptors (Lipinski definition) is 6. The normalized spacial score (nSPS) is 14.6. The number of nitro groups is 1. The molecule has 0 bridgehead atoms. The monoisotopic (exact) mass is 418 g/mol. The molecule has 30 heavy (non-hydrogen) atoms. The molecule has 11 heteroatoms. The van der Waals surface area contributed by atoms with Crippen molar-refractivity contribution in [2.45, 2.75) is 20.4 Å². The highest BCUT2D eigenvalue weighted by Gasteiger charge is 2.26. The van der Waals surface area contributed by atoms with Gasteiger partial charge in [0.05, 0.1) is 11.5 Å². The van der Waals surface area contributed by atoms with Crippen LogP contribution in [-0.4, -0.2) is 69.0 Å². The largest absolute Gasteiger partial charge is 0.339 e. The minimum atomic E-state index is -0.494. The van der Waals surface area contributed by atoms with Crippen LogP contribution in [0.2, 0.25) is 0 Å². The van der Waals surface area contributed by atoms with Crippen molar-refractivity contribution < 1.29 is 18.9 Å². The van der Waals surface area contributed by atoms with E-state index in [1.165, 1.54) is 22.9 Å². The predicted molar refractivity (Wildman–Crippen MR) is 106 cm³/mol. The zero-order valence-corrected chi connectivity index (χ0v) is 16.8. The third-order valence-electron chi connectivity index (χ3n) is 5.01. The van der Waals surface area contributed by atoms with Gasteiger partial charge in [0.25, 0.3) is 0 Å². The van der Waals surface area contributed by atoms with Crippen LogP contribution in [0.5, 0.6) is 0 Å². The maximum Gasteiger partial charge on any atom is 0.312 e. The van der Waals surface area contributed by atoms with Crippen LogP contribution < -0.4 is 5.32 Å². The first-order chi connectivity index (χ1) is 14.2. The van der Waals surface area contributed by atoms with Gasteiger partial charge in [-0.1, -0.05) is 6.07 Å². The highest BCUT2D eigenvalue weighted by Crippen LogP contribution is 2.21. The molecule has 1 aromatic carbocycles. The Kier molecular flexibility index (Phi) is 6.40. The molecule has 0 spiro atoms. The van der Waals surface area contributed by atoms with Gasteiger partial charge in [-0.2, -0.15) is 5.10 Å². The van der Waals surface area contributed by atoms with E-state index in [1.807, 2.05) is 4.90 Å². The Morgan fingerprint density at radius 2 is 1.90 bits per heavy atom. The number of nitrogens with zero attached hydrogens (tertiary/aromatic N) is 5. The molecule has 1 aliphatic heterocycles. The first-order valence-corrected chi connectivity index (χ1v) is 9.48. The Morgan fingerprint density at radius 3 is 2.50 bits per heavy atom. The number of halogens is 1. The number of rotatable bonds is 6. The van der Waals surface area contributed by atoms with Crippen LogP contribution in [0.25, 0.3) is 0 Å². The molecule has 1 fully saturated rings. The van der Waals surface area contributed by atoms with Crippen molar-refractivity contribution in [1.82, 2.24) is 19.6 Å². The van der Waals surface area contributed by atoms with Gasteiger partial charge < -0.3 is 10.2 Å². The molecule has 1 aromatic heterocycles. The lowest BCUT2D eigenvalue weighted by atomic mass is 10.3. The number of carbonyl (C=O) groups excluding carboxylic acids is 2. The SMILES string of the molecule is Cc1nn(CC(=O)N2CCN(CC(=O)Nc3cccc(F)c3)CC2)c(C)c1[N+](=O)[O-]. The summed E-state index contributed by atoms with van der Waals surface area (Å²) in [6.07, 6.45) is 0.